The van der Waals surface area contributed by atoms with Crippen LogP contribution in [0.25, 0.3) is 6.08 Å². The fraction of sp³-hybridized carbons (Fsp3) is 0.240. The maximum atomic E-state index is 13.0. The first-order valence-corrected chi connectivity index (χ1v) is 13.5. The molecule has 3 aromatic rings. The Kier molecular flexibility index (Phi) is 9.02. The molecule has 3 rings (SSSR count). The third-order valence-corrected chi connectivity index (χ3v) is 8.48. The number of carbonyl (C=O) groups is 1. The molecule has 1 heterocycles. The van der Waals surface area contributed by atoms with E-state index in [0.717, 1.165) is 34.4 Å². The molecule has 0 spiro atoms. The lowest BCUT2D eigenvalue weighted by molar-refractivity contribution is -0.111. The smallest absolute Gasteiger partial charge is 0.250 e. The number of carbonyl (C=O) groups excluding carboxylic acids is 1. The molecule has 2 N–H and O–H groups in total. The molecule has 0 aliphatic carbocycles. The van der Waals surface area contributed by atoms with Gasteiger partial charge in [-0.1, -0.05) is 36.7 Å². The molecule has 1 atom stereocenters. The lowest BCUT2D eigenvalue weighted by atomic mass is 9.98. The summed E-state index contributed by atoms with van der Waals surface area (Å²) in [6.07, 6.45) is 5.07. The minimum absolute atomic E-state index is 0.192. The molecule has 34 heavy (non-hydrogen) atoms. The number of nitrogens with one attached hydrogen (secondary N) is 2. The van der Waals surface area contributed by atoms with Crippen LogP contribution in [-0.4, -0.2) is 20.4 Å². The van der Waals surface area contributed by atoms with Crippen LogP contribution in [0.5, 0.6) is 0 Å². The Morgan fingerprint density at radius 3 is 2.50 bits per heavy atom. The fourth-order valence-corrected chi connectivity index (χ4v) is 6.18. The number of anilines is 1. The monoisotopic (exact) mass is 520 g/mol. The Hall–Kier alpha value is -2.52. The molecule has 1 aromatic heterocycles. The van der Waals surface area contributed by atoms with E-state index in [1.54, 1.807) is 24.3 Å². The number of hydrogen-bond acceptors (Lipinski definition) is 4. The number of hydrogen-bond donors (Lipinski definition) is 2. The number of halogens is 2. The summed E-state index contributed by atoms with van der Waals surface area (Å²) < 4.78 is 41.3. The molecule has 0 saturated heterocycles. The third kappa shape index (κ3) is 7.50. The molecule has 5 nitrogen and oxygen atoms in total. The van der Waals surface area contributed by atoms with Gasteiger partial charge in [-0.25, -0.2) is 17.5 Å². The van der Waals surface area contributed by atoms with Gasteiger partial charge in [0.05, 0.1) is 4.34 Å². The predicted octanol–water partition coefficient (Wildman–Crippen LogP) is 6.05. The second-order valence-electron chi connectivity index (χ2n) is 7.83. The van der Waals surface area contributed by atoms with Gasteiger partial charge >= 0.3 is 0 Å². The van der Waals surface area contributed by atoms with E-state index in [4.69, 9.17) is 11.6 Å². The van der Waals surface area contributed by atoms with Crippen molar-refractivity contribution in [1.29, 1.82) is 0 Å². The van der Waals surface area contributed by atoms with Crippen LogP contribution in [0.4, 0.5) is 10.1 Å². The van der Waals surface area contributed by atoms with Gasteiger partial charge in [-0.2, -0.15) is 0 Å². The average molecular weight is 521 g/mol. The second kappa shape index (κ2) is 11.8. The van der Waals surface area contributed by atoms with E-state index in [0.29, 0.717) is 22.9 Å². The van der Waals surface area contributed by atoms with Crippen LogP contribution >= 0.6 is 22.9 Å². The summed E-state index contributed by atoms with van der Waals surface area (Å²) >= 11 is 6.88. The summed E-state index contributed by atoms with van der Waals surface area (Å²) in [5, 5.41) is 2.84. The maximum Gasteiger partial charge on any atom is 0.250 e. The number of sulfonamides is 1. The maximum absolute atomic E-state index is 13.0. The Balaban J connectivity index is 1.62. The van der Waals surface area contributed by atoms with Gasteiger partial charge in [0.25, 0.3) is 0 Å². The molecule has 0 radical (unpaired) electrons. The summed E-state index contributed by atoms with van der Waals surface area (Å²) in [6.45, 7) is 3.87. The molecule has 1 amide bonds. The molecule has 2 aromatic carbocycles. The normalized spacial score (nSPS) is 12.7. The van der Waals surface area contributed by atoms with Crippen molar-refractivity contribution in [2.75, 3.05) is 5.32 Å². The molecule has 180 valence electrons. The number of aryl methyl sites for hydroxylation is 2. The van der Waals surface area contributed by atoms with Gasteiger partial charge in [0.2, 0.25) is 15.9 Å². The molecule has 9 heteroatoms. The molecule has 0 aliphatic heterocycles. The summed E-state index contributed by atoms with van der Waals surface area (Å²) in [5.41, 5.74) is 3.57. The van der Waals surface area contributed by atoms with Gasteiger partial charge in [0, 0.05) is 17.8 Å². The van der Waals surface area contributed by atoms with Gasteiger partial charge in [-0.15, -0.1) is 11.3 Å². The predicted molar refractivity (Wildman–Crippen MR) is 137 cm³/mol. The Labute approximate surface area is 208 Å². The molecular formula is C25H26ClFN2O3S2. The SMILES string of the molecule is CCc1ccc(NC(=O)/C=C/c2ccc(F)cc2)cc1CCC(C)NS(=O)(=O)c1ccc(Cl)s1. The van der Waals surface area contributed by atoms with Crippen LogP contribution in [-0.2, 0) is 27.7 Å². The summed E-state index contributed by atoms with van der Waals surface area (Å²) in [5.74, 6) is -0.626. The van der Waals surface area contributed by atoms with Gasteiger partial charge in [-0.3, -0.25) is 4.79 Å². The zero-order valence-electron chi connectivity index (χ0n) is 18.8. The Morgan fingerprint density at radius 2 is 1.85 bits per heavy atom. The van der Waals surface area contributed by atoms with Gasteiger partial charge in [0.15, 0.2) is 0 Å². The van der Waals surface area contributed by atoms with Crippen LogP contribution in [0, 0.1) is 5.82 Å². The van der Waals surface area contributed by atoms with Crippen LogP contribution in [0.3, 0.4) is 0 Å². The summed E-state index contributed by atoms with van der Waals surface area (Å²) in [7, 11) is -3.62. The number of amides is 1. The number of thiophene rings is 1. The van der Waals surface area contributed by atoms with Crippen LogP contribution in [0.1, 0.15) is 37.0 Å². The molecule has 0 bridgehead atoms. The number of rotatable bonds is 10. The van der Waals surface area contributed by atoms with Gasteiger partial charge in [0.1, 0.15) is 10.0 Å². The highest BCUT2D eigenvalue weighted by atomic mass is 35.5. The fourth-order valence-electron chi connectivity index (χ4n) is 3.41. The van der Waals surface area contributed by atoms with Crippen molar-refractivity contribution < 1.29 is 17.6 Å². The largest absolute Gasteiger partial charge is 0.323 e. The van der Waals surface area contributed by atoms with Crippen molar-refractivity contribution in [3.8, 4) is 0 Å². The van der Waals surface area contributed by atoms with Crippen LogP contribution in [0.2, 0.25) is 4.34 Å². The van der Waals surface area contributed by atoms with E-state index in [1.165, 1.54) is 24.3 Å². The van der Waals surface area contributed by atoms with Crippen LogP contribution in [0.15, 0.2) is 64.9 Å². The first kappa shape index (κ1) is 26.1. The quantitative estimate of drug-likeness (QED) is 0.319. The average Bonchev–Trinajstić information content (AvgIpc) is 3.24. The Morgan fingerprint density at radius 1 is 1.12 bits per heavy atom. The highest BCUT2D eigenvalue weighted by Gasteiger charge is 2.19. The minimum Gasteiger partial charge on any atom is -0.323 e. The number of benzene rings is 2. The molecule has 0 saturated carbocycles. The van der Waals surface area contributed by atoms with Crippen molar-refractivity contribution in [3.63, 3.8) is 0 Å². The zero-order chi connectivity index (χ0) is 24.7. The minimum atomic E-state index is -3.62. The molecular weight excluding hydrogens is 495 g/mol. The lowest BCUT2D eigenvalue weighted by Crippen LogP contribution is -2.32. The highest BCUT2D eigenvalue weighted by Crippen LogP contribution is 2.26. The lowest BCUT2D eigenvalue weighted by Gasteiger charge is -2.16. The van der Waals surface area contributed by atoms with Crippen LogP contribution < -0.4 is 10.0 Å². The van der Waals surface area contributed by atoms with E-state index in [9.17, 15) is 17.6 Å². The molecule has 0 fully saturated rings. The molecule has 0 aliphatic rings. The van der Waals surface area contributed by atoms with E-state index in [2.05, 4.69) is 17.0 Å². The van der Waals surface area contributed by atoms with Crippen molar-refractivity contribution in [2.45, 2.75) is 43.4 Å². The zero-order valence-corrected chi connectivity index (χ0v) is 21.2. The van der Waals surface area contributed by atoms with E-state index in [-0.39, 0.29) is 22.0 Å². The molecule has 1 unspecified atom stereocenters. The van der Waals surface area contributed by atoms with Gasteiger partial charge in [-0.05, 0) is 85.4 Å². The third-order valence-electron chi connectivity index (χ3n) is 5.17. The van der Waals surface area contributed by atoms with Crippen molar-refractivity contribution >= 4 is 50.6 Å². The van der Waals surface area contributed by atoms with E-state index >= 15 is 0 Å². The van der Waals surface area contributed by atoms with Gasteiger partial charge < -0.3 is 5.32 Å². The highest BCUT2D eigenvalue weighted by molar-refractivity contribution is 7.91. The topological polar surface area (TPSA) is 75.3 Å². The summed E-state index contributed by atoms with van der Waals surface area (Å²) in [6, 6.07) is 14.4. The van der Waals surface area contributed by atoms with Crippen molar-refractivity contribution in [2.24, 2.45) is 0 Å². The van der Waals surface area contributed by atoms with Crippen molar-refractivity contribution in [1.82, 2.24) is 4.72 Å². The van der Waals surface area contributed by atoms with E-state index in [1.807, 2.05) is 25.1 Å². The standard InChI is InChI=1S/C25H26ClFN2O3S2/c1-3-19-9-12-22(28-24(30)14-7-18-5-10-21(27)11-6-18)16-20(19)8-4-17(2)29-34(31,32)25-15-13-23(26)33-25/h5-7,9-17,29H,3-4,8H2,1-2H3,(H,28,30)/b14-7+. The van der Waals surface area contributed by atoms with E-state index < -0.39 is 10.0 Å². The first-order chi connectivity index (χ1) is 16.2. The first-order valence-electron chi connectivity index (χ1n) is 10.8. The second-order valence-corrected chi connectivity index (χ2v) is 11.5. The summed E-state index contributed by atoms with van der Waals surface area (Å²) in [4.78, 5) is 12.3. The Bertz CT molecular complexity index is 1270. The van der Waals surface area contributed by atoms with Crippen molar-refractivity contribution in [3.05, 3.63) is 87.5 Å².